The molecule has 4 rings (SSSR count). The van der Waals surface area contributed by atoms with Crippen molar-refractivity contribution >= 4 is 11.9 Å². The zero-order chi connectivity index (χ0) is 21.6. The maximum atomic E-state index is 13.1. The normalized spacial score (nSPS) is 15.4. The molecule has 1 N–H and O–H groups in total. The lowest BCUT2D eigenvalue weighted by atomic mass is 10.0. The summed E-state index contributed by atoms with van der Waals surface area (Å²) in [6.07, 6.45) is 5.32. The van der Waals surface area contributed by atoms with Crippen molar-refractivity contribution in [3.63, 3.8) is 0 Å². The van der Waals surface area contributed by atoms with Crippen LogP contribution in [0.2, 0.25) is 0 Å². The molecule has 1 aliphatic heterocycles. The molecular formula is C25H30N4O2. The third-order valence-corrected chi connectivity index (χ3v) is 5.68. The van der Waals surface area contributed by atoms with Crippen LogP contribution in [0.1, 0.15) is 64.7 Å². The number of benzene rings is 2. The van der Waals surface area contributed by atoms with Gasteiger partial charge in [0.05, 0.1) is 0 Å². The fraction of sp³-hybridized carbons (Fsp3) is 0.400. The molecule has 1 fully saturated rings. The van der Waals surface area contributed by atoms with Crippen molar-refractivity contribution < 1.29 is 9.21 Å². The second-order valence-corrected chi connectivity index (χ2v) is 8.42. The van der Waals surface area contributed by atoms with E-state index in [1.807, 2.05) is 56.3 Å². The number of anilines is 1. The van der Waals surface area contributed by atoms with Crippen molar-refractivity contribution in [1.29, 1.82) is 0 Å². The number of hydrogen-bond acceptors (Lipinski definition) is 5. The number of amides is 1. The highest BCUT2D eigenvalue weighted by Crippen LogP contribution is 2.24. The van der Waals surface area contributed by atoms with E-state index in [0.29, 0.717) is 23.9 Å². The Morgan fingerprint density at radius 2 is 1.68 bits per heavy atom. The van der Waals surface area contributed by atoms with Gasteiger partial charge in [-0.2, -0.15) is 0 Å². The average Bonchev–Trinajstić information content (AvgIpc) is 3.09. The molecule has 0 aliphatic carbocycles. The van der Waals surface area contributed by atoms with Gasteiger partial charge in [-0.1, -0.05) is 65.5 Å². The van der Waals surface area contributed by atoms with Crippen LogP contribution in [0, 0.1) is 13.8 Å². The quantitative estimate of drug-likeness (QED) is 0.624. The maximum Gasteiger partial charge on any atom is 0.318 e. The van der Waals surface area contributed by atoms with Crippen molar-refractivity contribution in [1.82, 2.24) is 15.5 Å². The lowest BCUT2D eigenvalue weighted by molar-refractivity contribution is 0.0930. The van der Waals surface area contributed by atoms with Gasteiger partial charge in [0.1, 0.15) is 6.04 Å². The molecule has 3 aromatic rings. The summed E-state index contributed by atoms with van der Waals surface area (Å²) in [5.74, 6) is 0.308. The summed E-state index contributed by atoms with van der Waals surface area (Å²) < 4.78 is 6.09. The minimum atomic E-state index is -0.399. The zero-order valence-corrected chi connectivity index (χ0v) is 18.3. The van der Waals surface area contributed by atoms with Gasteiger partial charge in [0.15, 0.2) is 0 Å². The summed E-state index contributed by atoms with van der Waals surface area (Å²) in [6, 6.07) is 16.1. The van der Waals surface area contributed by atoms with Crippen LogP contribution in [0.5, 0.6) is 0 Å². The number of hydrogen-bond donors (Lipinski definition) is 1. The van der Waals surface area contributed by atoms with Crippen LogP contribution in [0.25, 0.3) is 0 Å². The molecule has 162 valence electrons. The third kappa shape index (κ3) is 5.51. The third-order valence-electron chi connectivity index (χ3n) is 5.68. The standard InChI is InChI=1S/C25H30N4O2/c1-18-14-19(2)16-21(15-18)23(30)26-22(17-20-10-6-5-7-11-20)24-27-28-25(31-24)29-12-8-3-4-9-13-29/h5-7,10-11,14-16,22H,3-4,8-9,12-13,17H2,1-2H3,(H,26,30). The molecule has 1 saturated heterocycles. The molecule has 31 heavy (non-hydrogen) atoms. The fourth-order valence-corrected chi connectivity index (χ4v) is 4.15. The Balaban J connectivity index is 1.57. The molecule has 0 saturated carbocycles. The summed E-state index contributed by atoms with van der Waals surface area (Å²) in [7, 11) is 0. The van der Waals surface area contributed by atoms with Crippen LogP contribution < -0.4 is 10.2 Å². The smallest absolute Gasteiger partial charge is 0.318 e. The van der Waals surface area contributed by atoms with Crippen LogP contribution in [-0.4, -0.2) is 29.2 Å². The summed E-state index contributed by atoms with van der Waals surface area (Å²) >= 11 is 0. The Morgan fingerprint density at radius 3 is 2.35 bits per heavy atom. The van der Waals surface area contributed by atoms with E-state index >= 15 is 0 Å². The molecular weight excluding hydrogens is 388 g/mol. The summed E-state index contributed by atoms with van der Waals surface area (Å²) in [6.45, 7) is 5.85. The van der Waals surface area contributed by atoms with E-state index in [2.05, 4.69) is 26.5 Å². The first-order chi connectivity index (χ1) is 15.1. The Kier molecular flexibility index (Phi) is 6.65. The Labute approximate surface area is 183 Å². The topological polar surface area (TPSA) is 71.3 Å². The SMILES string of the molecule is Cc1cc(C)cc(C(=O)NC(Cc2ccccc2)c2nnc(N3CCCCCC3)o2)c1. The van der Waals surface area contributed by atoms with Crippen molar-refractivity contribution in [3.8, 4) is 0 Å². The molecule has 6 nitrogen and oxygen atoms in total. The van der Waals surface area contributed by atoms with E-state index in [9.17, 15) is 4.79 Å². The first-order valence-electron chi connectivity index (χ1n) is 11.1. The van der Waals surface area contributed by atoms with E-state index in [0.717, 1.165) is 42.6 Å². The summed E-state index contributed by atoms with van der Waals surface area (Å²) in [4.78, 5) is 15.2. The molecule has 1 aliphatic rings. The Morgan fingerprint density at radius 1 is 1.00 bits per heavy atom. The van der Waals surface area contributed by atoms with Gasteiger partial charge in [-0.3, -0.25) is 4.79 Å². The van der Waals surface area contributed by atoms with E-state index in [1.54, 1.807) is 0 Å². The number of rotatable bonds is 6. The Bertz CT molecular complexity index is 987. The van der Waals surface area contributed by atoms with Gasteiger partial charge in [0, 0.05) is 25.1 Å². The van der Waals surface area contributed by atoms with Gasteiger partial charge in [-0.25, -0.2) is 0 Å². The predicted molar refractivity (Wildman–Crippen MR) is 121 cm³/mol. The van der Waals surface area contributed by atoms with Crippen molar-refractivity contribution in [2.24, 2.45) is 0 Å². The highest BCUT2D eigenvalue weighted by Gasteiger charge is 2.24. The molecule has 1 amide bonds. The van der Waals surface area contributed by atoms with Crippen LogP contribution >= 0.6 is 0 Å². The largest absolute Gasteiger partial charge is 0.406 e. The molecule has 2 aromatic carbocycles. The first kappa shape index (κ1) is 21.1. The molecule has 1 atom stereocenters. The summed E-state index contributed by atoms with van der Waals surface area (Å²) in [5.41, 5.74) is 3.86. The molecule has 6 heteroatoms. The average molecular weight is 419 g/mol. The van der Waals surface area contributed by atoms with E-state index in [-0.39, 0.29) is 5.91 Å². The van der Waals surface area contributed by atoms with Crippen molar-refractivity contribution in [2.45, 2.75) is 52.0 Å². The molecule has 0 radical (unpaired) electrons. The fourth-order valence-electron chi connectivity index (χ4n) is 4.15. The van der Waals surface area contributed by atoms with Crippen LogP contribution in [0.15, 0.2) is 52.9 Å². The first-order valence-corrected chi connectivity index (χ1v) is 11.1. The number of carbonyl (C=O) groups is 1. The minimum Gasteiger partial charge on any atom is -0.406 e. The van der Waals surface area contributed by atoms with E-state index in [1.165, 1.54) is 12.8 Å². The molecule has 0 bridgehead atoms. The highest BCUT2D eigenvalue weighted by molar-refractivity contribution is 5.94. The monoisotopic (exact) mass is 418 g/mol. The minimum absolute atomic E-state index is 0.137. The highest BCUT2D eigenvalue weighted by atomic mass is 16.4. The predicted octanol–water partition coefficient (Wildman–Crippen LogP) is 4.78. The lowest BCUT2D eigenvalue weighted by Crippen LogP contribution is -2.30. The van der Waals surface area contributed by atoms with Gasteiger partial charge in [0.2, 0.25) is 5.89 Å². The molecule has 1 aromatic heterocycles. The molecule has 2 heterocycles. The van der Waals surface area contributed by atoms with Gasteiger partial charge in [-0.15, -0.1) is 5.10 Å². The van der Waals surface area contributed by atoms with Crippen LogP contribution in [-0.2, 0) is 6.42 Å². The molecule has 1 unspecified atom stereocenters. The van der Waals surface area contributed by atoms with E-state index < -0.39 is 6.04 Å². The second-order valence-electron chi connectivity index (χ2n) is 8.42. The number of carbonyl (C=O) groups excluding carboxylic acids is 1. The number of nitrogens with zero attached hydrogens (tertiary/aromatic N) is 3. The van der Waals surface area contributed by atoms with Gasteiger partial charge >= 0.3 is 6.01 Å². The van der Waals surface area contributed by atoms with Gasteiger partial charge in [0.25, 0.3) is 5.91 Å². The van der Waals surface area contributed by atoms with Crippen molar-refractivity contribution in [2.75, 3.05) is 18.0 Å². The van der Waals surface area contributed by atoms with E-state index in [4.69, 9.17) is 4.42 Å². The maximum absolute atomic E-state index is 13.1. The Hall–Kier alpha value is -3.15. The van der Waals surface area contributed by atoms with Gasteiger partial charge < -0.3 is 14.6 Å². The number of aromatic nitrogens is 2. The summed E-state index contributed by atoms with van der Waals surface area (Å²) in [5, 5.41) is 11.8. The number of aryl methyl sites for hydroxylation is 2. The lowest BCUT2D eigenvalue weighted by Gasteiger charge is -2.18. The second kappa shape index (κ2) is 9.77. The van der Waals surface area contributed by atoms with Crippen LogP contribution in [0.4, 0.5) is 6.01 Å². The number of nitrogens with one attached hydrogen (secondary N) is 1. The van der Waals surface area contributed by atoms with Gasteiger partial charge in [-0.05, 0) is 44.4 Å². The van der Waals surface area contributed by atoms with Crippen molar-refractivity contribution in [3.05, 3.63) is 76.7 Å². The molecule has 0 spiro atoms. The van der Waals surface area contributed by atoms with Crippen LogP contribution in [0.3, 0.4) is 0 Å². The zero-order valence-electron chi connectivity index (χ0n) is 18.3.